The lowest BCUT2D eigenvalue weighted by atomic mass is 10.1. The largest absolute Gasteiger partial charge is 0.444 e. The average Bonchev–Trinajstić information content (AvgIpc) is 3.00. The van der Waals surface area contributed by atoms with E-state index in [-0.39, 0.29) is 25.0 Å². The summed E-state index contributed by atoms with van der Waals surface area (Å²) in [6, 6.07) is 4.86. The second-order valence-corrected chi connectivity index (χ2v) is 7.89. The smallest absolute Gasteiger partial charge is 0.408 e. The zero-order valence-corrected chi connectivity index (χ0v) is 17.5. The first-order valence-corrected chi connectivity index (χ1v) is 9.27. The second kappa shape index (κ2) is 9.20. The number of hydrogen-bond acceptors (Lipinski definition) is 6. The maximum Gasteiger partial charge on any atom is 0.408 e. The van der Waals surface area contributed by atoms with E-state index in [1.807, 2.05) is 6.92 Å². The molecule has 0 radical (unpaired) electrons. The number of nitrogens with zero attached hydrogens (tertiary/aromatic N) is 4. The van der Waals surface area contributed by atoms with Crippen LogP contribution in [0.2, 0.25) is 10.0 Å². The Bertz CT molecular complexity index is 850. The van der Waals surface area contributed by atoms with Crippen molar-refractivity contribution >= 4 is 35.2 Å². The number of alkyl carbamates (subject to hydrolysis) is 1. The standard InChI is InChI=1S/C17H22Cl2N6O3/c1-10(11-5-6-12(18)13(19)7-11)21-15(26)9-25-14(22-23-24-25)8-20-16(27)28-17(2,3)4/h5-7,10H,8-9H2,1-4H3,(H,20,27)(H,21,26). The highest BCUT2D eigenvalue weighted by atomic mass is 35.5. The Morgan fingerprint density at radius 3 is 2.61 bits per heavy atom. The van der Waals surface area contributed by atoms with Crippen LogP contribution >= 0.6 is 23.2 Å². The molecule has 0 aliphatic rings. The van der Waals surface area contributed by atoms with Crippen molar-refractivity contribution in [1.29, 1.82) is 0 Å². The van der Waals surface area contributed by atoms with Crippen molar-refractivity contribution in [2.24, 2.45) is 0 Å². The molecule has 0 aliphatic heterocycles. The lowest BCUT2D eigenvalue weighted by Crippen LogP contribution is -2.34. The van der Waals surface area contributed by atoms with Gasteiger partial charge in [0.15, 0.2) is 5.82 Å². The summed E-state index contributed by atoms with van der Waals surface area (Å²) in [4.78, 5) is 24.1. The normalized spacial score (nSPS) is 12.4. The zero-order chi connectivity index (χ0) is 20.9. The van der Waals surface area contributed by atoms with Crippen LogP contribution in [0.25, 0.3) is 0 Å². The molecule has 0 bridgehead atoms. The number of hydrogen-bond donors (Lipinski definition) is 2. The first kappa shape index (κ1) is 21.9. The molecule has 2 amide bonds. The molecule has 0 saturated heterocycles. The molecule has 2 N–H and O–H groups in total. The van der Waals surface area contributed by atoms with Gasteiger partial charge in [0.05, 0.1) is 22.6 Å². The van der Waals surface area contributed by atoms with Gasteiger partial charge in [-0.25, -0.2) is 9.48 Å². The minimum Gasteiger partial charge on any atom is -0.444 e. The summed E-state index contributed by atoms with van der Waals surface area (Å²) in [5.74, 6) is 0.0209. The Morgan fingerprint density at radius 1 is 1.25 bits per heavy atom. The van der Waals surface area contributed by atoms with Crippen molar-refractivity contribution in [3.05, 3.63) is 39.6 Å². The van der Waals surface area contributed by atoms with E-state index in [4.69, 9.17) is 27.9 Å². The SMILES string of the molecule is CC(NC(=O)Cn1nnnc1CNC(=O)OC(C)(C)C)c1ccc(Cl)c(Cl)c1. The highest BCUT2D eigenvalue weighted by Crippen LogP contribution is 2.25. The molecule has 2 rings (SSSR count). The molecule has 0 saturated carbocycles. The van der Waals surface area contributed by atoms with Crippen LogP contribution in [0.3, 0.4) is 0 Å². The summed E-state index contributed by atoms with van der Waals surface area (Å²) in [6.45, 7) is 7.02. The van der Waals surface area contributed by atoms with E-state index in [2.05, 4.69) is 26.2 Å². The number of amides is 2. The van der Waals surface area contributed by atoms with E-state index in [1.165, 1.54) is 4.68 Å². The van der Waals surface area contributed by atoms with Gasteiger partial charge >= 0.3 is 6.09 Å². The Labute approximate surface area is 172 Å². The lowest BCUT2D eigenvalue weighted by Gasteiger charge is -2.19. The van der Waals surface area contributed by atoms with Gasteiger partial charge in [-0.15, -0.1) is 5.10 Å². The number of nitrogens with one attached hydrogen (secondary N) is 2. The van der Waals surface area contributed by atoms with Gasteiger partial charge in [0.1, 0.15) is 12.1 Å². The number of carbonyl (C=O) groups is 2. The van der Waals surface area contributed by atoms with Gasteiger partial charge in [-0.05, 0) is 55.8 Å². The number of benzene rings is 1. The molecule has 0 spiro atoms. The predicted octanol–water partition coefficient (Wildman–Crippen LogP) is 2.88. The third-order valence-electron chi connectivity index (χ3n) is 3.51. The second-order valence-electron chi connectivity index (χ2n) is 7.07. The van der Waals surface area contributed by atoms with Crippen LogP contribution in [0.15, 0.2) is 18.2 Å². The van der Waals surface area contributed by atoms with Crippen molar-refractivity contribution < 1.29 is 14.3 Å². The Morgan fingerprint density at radius 2 is 1.96 bits per heavy atom. The molecule has 1 atom stereocenters. The molecule has 1 aromatic heterocycles. The maximum absolute atomic E-state index is 12.3. The van der Waals surface area contributed by atoms with Crippen molar-refractivity contribution in [2.45, 2.75) is 52.4 Å². The summed E-state index contributed by atoms with van der Waals surface area (Å²) >= 11 is 11.9. The average molecular weight is 429 g/mol. The first-order chi connectivity index (χ1) is 13.0. The van der Waals surface area contributed by atoms with Crippen LogP contribution in [-0.2, 0) is 22.6 Å². The van der Waals surface area contributed by atoms with E-state index in [1.54, 1.807) is 39.0 Å². The maximum atomic E-state index is 12.3. The Balaban J connectivity index is 1.91. The summed E-state index contributed by atoms with van der Waals surface area (Å²) in [6.07, 6.45) is -0.597. The van der Waals surface area contributed by atoms with Crippen LogP contribution in [0.1, 0.15) is 45.1 Å². The molecule has 11 heteroatoms. The fraction of sp³-hybridized carbons (Fsp3) is 0.471. The molecule has 152 valence electrons. The zero-order valence-electron chi connectivity index (χ0n) is 16.0. The summed E-state index contributed by atoms with van der Waals surface area (Å²) in [5.41, 5.74) is 0.197. The third-order valence-corrected chi connectivity index (χ3v) is 4.25. The van der Waals surface area contributed by atoms with Gasteiger partial charge in [0, 0.05) is 0 Å². The van der Waals surface area contributed by atoms with Crippen LogP contribution in [0.5, 0.6) is 0 Å². The first-order valence-electron chi connectivity index (χ1n) is 8.51. The van der Waals surface area contributed by atoms with Crippen molar-refractivity contribution in [3.63, 3.8) is 0 Å². The van der Waals surface area contributed by atoms with E-state index in [0.717, 1.165) is 5.56 Å². The monoisotopic (exact) mass is 428 g/mol. The number of tetrazole rings is 1. The van der Waals surface area contributed by atoms with Crippen molar-refractivity contribution in [1.82, 2.24) is 30.8 Å². The third kappa shape index (κ3) is 6.65. The summed E-state index contributed by atoms with van der Waals surface area (Å²) < 4.78 is 6.45. The summed E-state index contributed by atoms with van der Waals surface area (Å²) in [7, 11) is 0. The number of halogens is 2. The van der Waals surface area contributed by atoms with Crippen LogP contribution in [0.4, 0.5) is 4.79 Å². The predicted molar refractivity (Wildman–Crippen MR) is 104 cm³/mol. The quantitative estimate of drug-likeness (QED) is 0.731. The van der Waals surface area contributed by atoms with Gasteiger partial charge in [0.2, 0.25) is 5.91 Å². The molecule has 1 unspecified atom stereocenters. The fourth-order valence-corrected chi connectivity index (χ4v) is 2.53. The van der Waals surface area contributed by atoms with Crippen molar-refractivity contribution in [2.75, 3.05) is 0 Å². The van der Waals surface area contributed by atoms with Gasteiger partial charge in [-0.1, -0.05) is 29.3 Å². The number of ether oxygens (including phenoxy) is 1. The molecule has 2 aromatic rings. The molecule has 0 fully saturated rings. The topological polar surface area (TPSA) is 111 Å². The lowest BCUT2D eigenvalue weighted by molar-refractivity contribution is -0.122. The van der Waals surface area contributed by atoms with Gasteiger partial charge < -0.3 is 15.4 Å². The number of rotatable bonds is 6. The number of carbonyl (C=O) groups excluding carboxylic acids is 2. The van der Waals surface area contributed by atoms with Gasteiger partial charge in [-0.2, -0.15) is 0 Å². The van der Waals surface area contributed by atoms with E-state index in [9.17, 15) is 9.59 Å². The highest BCUT2D eigenvalue weighted by molar-refractivity contribution is 6.42. The van der Waals surface area contributed by atoms with E-state index >= 15 is 0 Å². The van der Waals surface area contributed by atoms with Crippen LogP contribution < -0.4 is 10.6 Å². The Kier molecular flexibility index (Phi) is 7.20. The minimum absolute atomic E-state index is 0.0253. The molecular formula is C17H22Cl2N6O3. The minimum atomic E-state index is -0.614. The Hall–Kier alpha value is -2.39. The molecule has 28 heavy (non-hydrogen) atoms. The molecule has 1 aromatic carbocycles. The molecule has 9 nitrogen and oxygen atoms in total. The van der Waals surface area contributed by atoms with Crippen LogP contribution in [-0.4, -0.2) is 37.8 Å². The van der Waals surface area contributed by atoms with Crippen molar-refractivity contribution in [3.8, 4) is 0 Å². The van der Waals surface area contributed by atoms with Gasteiger partial charge in [0.25, 0.3) is 0 Å². The van der Waals surface area contributed by atoms with E-state index in [0.29, 0.717) is 15.9 Å². The fourth-order valence-electron chi connectivity index (χ4n) is 2.23. The number of aromatic nitrogens is 4. The molecule has 1 heterocycles. The van der Waals surface area contributed by atoms with E-state index < -0.39 is 11.7 Å². The summed E-state index contributed by atoms with van der Waals surface area (Å²) in [5, 5.41) is 17.4. The molecular weight excluding hydrogens is 407 g/mol. The van der Waals surface area contributed by atoms with Gasteiger partial charge in [-0.3, -0.25) is 4.79 Å². The van der Waals surface area contributed by atoms with Crippen LogP contribution in [0, 0.1) is 0 Å². The highest BCUT2D eigenvalue weighted by Gasteiger charge is 2.18. The molecule has 0 aliphatic carbocycles.